The van der Waals surface area contributed by atoms with E-state index in [1.807, 2.05) is 0 Å². The topological polar surface area (TPSA) is 15.3 Å². The van der Waals surface area contributed by atoms with E-state index < -0.39 is 0 Å². The molecule has 0 aliphatic heterocycles. The van der Waals surface area contributed by atoms with Gasteiger partial charge in [-0.3, -0.25) is 0 Å². The highest BCUT2D eigenvalue weighted by Gasteiger charge is 2.05. The first-order valence-corrected chi connectivity index (χ1v) is 7.62. The van der Waals surface area contributed by atoms with Gasteiger partial charge >= 0.3 is 0 Å². The number of nitrogens with zero attached hydrogens (tertiary/aromatic N) is 1. The van der Waals surface area contributed by atoms with Crippen LogP contribution in [-0.4, -0.2) is 24.5 Å². The van der Waals surface area contributed by atoms with Crippen LogP contribution in [0.4, 0.5) is 0 Å². The highest BCUT2D eigenvalue weighted by atomic mass is 15.1. The second-order valence-corrected chi connectivity index (χ2v) is 5.75. The van der Waals surface area contributed by atoms with Crippen molar-refractivity contribution in [3.8, 4) is 0 Å². The summed E-state index contributed by atoms with van der Waals surface area (Å²) in [5, 5.41) is 3.51. The molecule has 0 bridgehead atoms. The van der Waals surface area contributed by atoms with Crippen LogP contribution in [0.5, 0.6) is 0 Å². The Morgan fingerprint density at radius 2 is 1.79 bits per heavy atom. The molecule has 0 aliphatic carbocycles. The fourth-order valence-electron chi connectivity index (χ4n) is 2.20. The molecule has 1 aromatic rings. The Morgan fingerprint density at radius 1 is 1.11 bits per heavy atom. The number of hydrogen-bond donors (Lipinski definition) is 1. The van der Waals surface area contributed by atoms with E-state index in [0.29, 0.717) is 6.04 Å². The second-order valence-electron chi connectivity index (χ2n) is 5.75. The summed E-state index contributed by atoms with van der Waals surface area (Å²) in [4.78, 5) is 2.43. The minimum Gasteiger partial charge on any atom is -0.310 e. The fourth-order valence-corrected chi connectivity index (χ4v) is 2.20. The van der Waals surface area contributed by atoms with Crippen molar-refractivity contribution < 1.29 is 0 Å². The average molecular weight is 262 g/mol. The second kappa shape index (κ2) is 9.11. The van der Waals surface area contributed by atoms with E-state index >= 15 is 0 Å². The lowest BCUT2D eigenvalue weighted by molar-refractivity contribution is 0.317. The quantitative estimate of drug-likeness (QED) is 0.681. The first kappa shape index (κ1) is 16.2. The molecule has 108 valence electrons. The molecule has 1 N–H and O–H groups in total. The molecule has 0 radical (unpaired) electrons. The summed E-state index contributed by atoms with van der Waals surface area (Å²) in [6.45, 7) is 9.86. The van der Waals surface area contributed by atoms with Gasteiger partial charge in [0.15, 0.2) is 0 Å². The Labute approximate surface area is 119 Å². The van der Waals surface area contributed by atoms with Gasteiger partial charge in [-0.05, 0) is 31.1 Å². The zero-order chi connectivity index (χ0) is 14.1. The van der Waals surface area contributed by atoms with Gasteiger partial charge in [0.1, 0.15) is 0 Å². The number of nitrogens with one attached hydrogen (secondary N) is 1. The molecule has 2 heteroatoms. The number of rotatable bonds is 9. The Morgan fingerprint density at radius 3 is 2.42 bits per heavy atom. The van der Waals surface area contributed by atoms with E-state index in [1.165, 1.54) is 36.9 Å². The van der Waals surface area contributed by atoms with Crippen molar-refractivity contribution in [2.75, 3.05) is 13.6 Å². The third-order valence-corrected chi connectivity index (χ3v) is 3.40. The molecule has 0 saturated carbocycles. The van der Waals surface area contributed by atoms with Crippen molar-refractivity contribution in [1.82, 2.24) is 10.2 Å². The average Bonchev–Trinajstić information content (AvgIpc) is 2.38. The maximum atomic E-state index is 3.51. The molecule has 0 fully saturated rings. The van der Waals surface area contributed by atoms with Gasteiger partial charge in [-0.1, -0.05) is 57.9 Å². The van der Waals surface area contributed by atoms with Crippen LogP contribution < -0.4 is 5.32 Å². The first-order chi connectivity index (χ1) is 9.13. The van der Waals surface area contributed by atoms with Gasteiger partial charge in [0.05, 0.1) is 0 Å². The lowest BCUT2D eigenvalue weighted by atomic mass is 10.1. The van der Waals surface area contributed by atoms with E-state index in [-0.39, 0.29) is 0 Å². The molecule has 0 aromatic heterocycles. The summed E-state index contributed by atoms with van der Waals surface area (Å²) in [7, 11) is 2.22. The Balaban J connectivity index is 2.51. The van der Waals surface area contributed by atoms with Crippen molar-refractivity contribution in [1.29, 1.82) is 0 Å². The highest BCUT2D eigenvalue weighted by Crippen LogP contribution is 2.12. The number of hydrogen-bond acceptors (Lipinski definition) is 2. The van der Waals surface area contributed by atoms with E-state index in [1.54, 1.807) is 0 Å². The largest absolute Gasteiger partial charge is 0.310 e. The van der Waals surface area contributed by atoms with Crippen LogP contribution in [0.25, 0.3) is 0 Å². The molecule has 0 aliphatic rings. The first-order valence-electron chi connectivity index (χ1n) is 7.62. The lowest BCUT2D eigenvalue weighted by Crippen LogP contribution is -2.24. The van der Waals surface area contributed by atoms with Gasteiger partial charge in [-0.15, -0.1) is 0 Å². The van der Waals surface area contributed by atoms with Crippen molar-refractivity contribution in [3.05, 3.63) is 35.4 Å². The van der Waals surface area contributed by atoms with Crippen LogP contribution in [0, 0.1) is 0 Å². The van der Waals surface area contributed by atoms with Crippen LogP contribution >= 0.6 is 0 Å². The predicted octanol–water partition coefficient (Wildman–Crippen LogP) is 3.81. The Bertz CT molecular complexity index is 347. The van der Waals surface area contributed by atoms with Gasteiger partial charge in [0.2, 0.25) is 0 Å². The summed E-state index contributed by atoms with van der Waals surface area (Å²) in [5.41, 5.74) is 2.88. The monoisotopic (exact) mass is 262 g/mol. The summed E-state index contributed by atoms with van der Waals surface area (Å²) in [6, 6.07) is 9.32. The van der Waals surface area contributed by atoms with Crippen molar-refractivity contribution >= 4 is 0 Å². The molecule has 0 atom stereocenters. The summed E-state index contributed by atoms with van der Waals surface area (Å²) in [5.74, 6) is 0. The molecule has 1 aromatic carbocycles. The Hall–Kier alpha value is -0.860. The number of unbranched alkanes of at least 4 members (excludes halogenated alkanes) is 2. The van der Waals surface area contributed by atoms with Crippen LogP contribution in [0.2, 0.25) is 0 Å². The normalized spacial score (nSPS) is 11.5. The van der Waals surface area contributed by atoms with E-state index in [9.17, 15) is 0 Å². The maximum Gasteiger partial charge on any atom is 0.0233 e. The van der Waals surface area contributed by atoms with Gasteiger partial charge in [-0.2, -0.15) is 0 Å². The molecule has 0 saturated heterocycles. The van der Waals surface area contributed by atoms with Crippen molar-refractivity contribution in [2.24, 2.45) is 0 Å². The molecule has 2 nitrogen and oxygen atoms in total. The fraction of sp³-hybridized carbons (Fsp3) is 0.647. The molecule has 0 unspecified atom stereocenters. The van der Waals surface area contributed by atoms with Gasteiger partial charge in [0, 0.05) is 19.1 Å². The zero-order valence-corrected chi connectivity index (χ0v) is 13.1. The molecule has 1 rings (SSSR count). The van der Waals surface area contributed by atoms with Crippen molar-refractivity contribution in [2.45, 2.75) is 59.2 Å². The zero-order valence-electron chi connectivity index (χ0n) is 13.1. The molecular formula is C17H30N2. The van der Waals surface area contributed by atoms with Crippen LogP contribution in [0.3, 0.4) is 0 Å². The lowest BCUT2D eigenvalue weighted by Gasteiger charge is -2.19. The van der Waals surface area contributed by atoms with E-state index in [0.717, 1.165) is 13.1 Å². The molecule has 19 heavy (non-hydrogen) atoms. The Kier molecular flexibility index (Phi) is 7.76. The van der Waals surface area contributed by atoms with E-state index in [2.05, 4.69) is 62.3 Å². The van der Waals surface area contributed by atoms with Crippen molar-refractivity contribution in [3.63, 3.8) is 0 Å². The minimum absolute atomic E-state index is 0.537. The number of benzene rings is 1. The maximum absolute atomic E-state index is 3.51. The van der Waals surface area contributed by atoms with Crippen LogP contribution in [-0.2, 0) is 13.1 Å². The SMILES string of the molecule is CCCCCN(C)Cc1ccccc1CNC(C)C. The molecular weight excluding hydrogens is 232 g/mol. The third kappa shape index (κ3) is 6.74. The van der Waals surface area contributed by atoms with E-state index in [4.69, 9.17) is 0 Å². The van der Waals surface area contributed by atoms with Gasteiger partial charge < -0.3 is 10.2 Å². The smallest absolute Gasteiger partial charge is 0.0233 e. The van der Waals surface area contributed by atoms with Crippen LogP contribution in [0.1, 0.15) is 51.2 Å². The summed E-state index contributed by atoms with van der Waals surface area (Å²) < 4.78 is 0. The summed E-state index contributed by atoms with van der Waals surface area (Å²) >= 11 is 0. The predicted molar refractivity (Wildman–Crippen MR) is 84.3 cm³/mol. The summed E-state index contributed by atoms with van der Waals surface area (Å²) in [6.07, 6.45) is 3.93. The standard InChI is InChI=1S/C17H30N2/c1-5-6-9-12-19(4)14-17-11-8-7-10-16(17)13-18-15(2)3/h7-8,10-11,15,18H,5-6,9,12-14H2,1-4H3. The molecule has 0 amide bonds. The molecule has 0 heterocycles. The van der Waals surface area contributed by atoms with Gasteiger partial charge in [0.25, 0.3) is 0 Å². The molecule has 0 spiro atoms. The van der Waals surface area contributed by atoms with Crippen LogP contribution in [0.15, 0.2) is 24.3 Å². The highest BCUT2D eigenvalue weighted by molar-refractivity contribution is 5.27. The third-order valence-electron chi connectivity index (χ3n) is 3.40. The minimum atomic E-state index is 0.537. The van der Waals surface area contributed by atoms with Gasteiger partial charge in [-0.25, -0.2) is 0 Å².